The number of halogens is 1. The molecule has 5 heteroatoms. The average Bonchev–Trinajstić information content (AvgIpc) is 3.16. The molecule has 3 atom stereocenters. The lowest BCUT2D eigenvalue weighted by Crippen LogP contribution is -2.51. The Bertz CT molecular complexity index is 281. The fourth-order valence-corrected chi connectivity index (χ4v) is 4.11. The summed E-state index contributed by atoms with van der Waals surface area (Å²) in [6.45, 7) is 4.66. The Morgan fingerprint density at radius 1 is 1.10 bits per heavy atom. The molecule has 1 saturated heterocycles. The van der Waals surface area contributed by atoms with Crippen molar-refractivity contribution in [3.05, 3.63) is 0 Å². The molecular formula is C16H31ClN2O2. The molecule has 0 radical (unpaired) electrons. The molecule has 2 aliphatic carbocycles. The number of hydrogen-bond donors (Lipinski definition) is 2. The Morgan fingerprint density at radius 3 is 2.71 bits per heavy atom. The summed E-state index contributed by atoms with van der Waals surface area (Å²) in [7, 11) is 0. The van der Waals surface area contributed by atoms with Crippen molar-refractivity contribution < 1.29 is 9.47 Å². The second-order valence-electron chi connectivity index (χ2n) is 6.57. The molecule has 3 rings (SSSR count). The van der Waals surface area contributed by atoms with Crippen LogP contribution < -0.4 is 10.6 Å². The van der Waals surface area contributed by atoms with Crippen LogP contribution in [0.5, 0.6) is 0 Å². The standard InChI is InChI=1S/C16H30N2O2.ClH/c1-2-5-13(4-1)20-11-9-17-15-7-3-6-14(15)16-12-19-10-8-18-16;/h13-18H,1-12H2;1H. The van der Waals surface area contributed by atoms with E-state index in [2.05, 4.69) is 10.6 Å². The largest absolute Gasteiger partial charge is 0.379 e. The quantitative estimate of drug-likeness (QED) is 0.736. The van der Waals surface area contributed by atoms with Crippen LogP contribution in [0.15, 0.2) is 0 Å². The van der Waals surface area contributed by atoms with E-state index in [9.17, 15) is 0 Å². The molecule has 3 fully saturated rings. The maximum absolute atomic E-state index is 5.94. The summed E-state index contributed by atoms with van der Waals surface area (Å²) in [6.07, 6.45) is 9.81. The van der Waals surface area contributed by atoms with Crippen LogP contribution in [0.25, 0.3) is 0 Å². The Kier molecular flexibility index (Phi) is 7.75. The molecule has 0 aromatic carbocycles. The third-order valence-corrected chi connectivity index (χ3v) is 5.20. The monoisotopic (exact) mass is 318 g/mol. The minimum atomic E-state index is 0. The lowest BCUT2D eigenvalue weighted by Gasteiger charge is -2.33. The predicted octanol–water partition coefficient (Wildman–Crippen LogP) is 2.11. The molecule has 3 unspecified atom stereocenters. The minimum Gasteiger partial charge on any atom is -0.379 e. The zero-order valence-corrected chi connectivity index (χ0v) is 13.8. The summed E-state index contributed by atoms with van der Waals surface area (Å²) in [5.41, 5.74) is 0. The lowest BCUT2D eigenvalue weighted by atomic mass is 9.94. The molecule has 3 aliphatic rings. The number of morpholine rings is 1. The van der Waals surface area contributed by atoms with Gasteiger partial charge in [-0.3, -0.25) is 0 Å². The molecule has 4 nitrogen and oxygen atoms in total. The third kappa shape index (κ3) is 5.07. The molecular weight excluding hydrogens is 288 g/mol. The van der Waals surface area contributed by atoms with Crippen LogP contribution >= 0.6 is 12.4 Å². The Hall–Kier alpha value is 0.130. The lowest BCUT2D eigenvalue weighted by molar-refractivity contribution is 0.0461. The van der Waals surface area contributed by atoms with Crippen LogP contribution in [-0.4, -0.2) is 51.1 Å². The first kappa shape index (κ1) is 17.5. The van der Waals surface area contributed by atoms with Crippen molar-refractivity contribution in [2.24, 2.45) is 5.92 Å². The van der Waals surface area contributed by atoms with E-state index in [4.69, 9.17) is 9.47 Å². The van der Waals surface area contributed by atoms with Gasteiger partial charge in [0.15, 0.2) is 0 Å². The van der Waals surface area contributed by atoms with E-state index >= 15 is 0 Å². The molecule has 2 saturated carbocycles. The molecule has 1 heterocycles. The Balaban J connectivity index is 0.00000161. The normalized spacial score (nSPS) is 34.0. The Labute approximate surface area is 135 Å². The van der Waals surface area contributed by atoms with E-state index in [0.717, 1.165) is 38.8 Å². The van der Waals surface area contributed by atoms with Gasteiger partial charge in [0.1, 0.15) is 0 Å². The molecule has 21 heavy (non-hydrogen) atoms. The molecule has 0 amide bonds. The van der Waals surface area contributed by atoms with Gasteiger partial charge in [-0.05, 0) is 31.6 Å². The van der Waals surface area contributed by atoms with Gasteiger partial charge in [0, 0.05) is 25.2 Å². The number of hydrogen-bond acceptors (Lipinski definition) is 4. The highest BCUT2D eigenvalue weighted by Crippen LogP contribution is 2.29. The van der Waals surface area contributed by atoms with Gasteiger partial charge in [0.25, 0.3) is 0 Å². The molecule has 124 valence electrons. The molecule has 1 aliphatic heterocycles. The summed E-state index contributed by atoms with van der Waals surface area (Å²) >= 11 is 0. The highest BCUT2D eigenvalue weighted by Gasteiger charge is 2.34. The molecule has 0 spiro atoms. The van der Waals surface area contributed by atoms with Crippen LogP contribution in [0.1, 0.15) is 44.9 Å². The fraction of sp³-hybridized carbons (Fsp3) is 1.00. The van der Waals surface area contributed by atoms with Gasteiger partial charge >= 0.3 is 0 Å². The summed E-state index contributed by atoms with van der Waals surface area (Å²) in [4.78, 5) is 0. The number of rotatable bonds is 6. The van der Waals surface area contributed by atoms with E-state index in [0.29, 0.717) is 18.2 Å². The van der Waals surface area contributed by atoms with Crippen molar-refractivity contribution in [3.8, 4) is 0 Å². The van der Waals surface area contributed by atoms with E-state index < -0.39 is 0 Å². The van der Waals surface area contributed by atoms with Gasteiger partial charge in [-0.1, -0.05) is 19.3 Å². The SMILES string of the molecule is C1CCC(OCCNC2CCCC2C2COCCN2)C1.Cl. The van der Waals surface area contributed by atoms with Gasteiger partial charge in [-0.15, -0.1) is 12.4 Å². The van der Waals surface area contributed by atoms with E-state index in [1.165, 1.54) is 44.9 Å². The van der Waals surface area contributed by atoms with Gasteiger partial charge in [0.05, 0.1) is 25.9 Å². The first-order valence-corrected chi connectivity index (χ1v) is 8.59. The van der Waals surface area contributed by atoms with Crippen LogP contribution in [0.3, 0.4) is 0 Å². The maximum atomic E-state index is 5.94. The van der Waals surface area contributed by atoms with Crippen molar-refractivity contribution in [1.82, 2.24) is 10.6 Å². The average molecular weight is 319 g/mol. The minimum absolute atomic E-state index is 0. The summed E-state index contributed by atoms with van der Waals surface area (Å²) in [5.74, 6) is 0.738. The number of nitrogens with one attached hydrogen (secondary N) is 2. The van der Waals surface area contributed by atoms with Crippen molar-refractivity contribution in [2.45, 2.75) is 63.1 Å². The smallest absolute Gasteiger partial charge is 0.0623 e. The first-order valence-electron chi connectivity index (χ1n) is 8.59. The van der Waals surface area contributed by atoms with Gasteiger partial charge in [-0.25, -0.2) is 0 Å². The van der Waals surface area contributed by atoms with Crippen molar-refractivity contribution in [1.29, 1.82) is 0 Å². The fourth-order valence-electron chi connectivity index (χ4n) is 4.11. The summed E-state index contributed by atoms with van der Waals surface area (Å²) in [5, 5.41) is 7.36. The van der Waals surface area contributed by atoms with Crippen molar-refractivity contribution in [2.75, 3.05) is 32.9 Å². The first-order chi connectivity index (χ1) is 9.93. The van der Waals surface area contributed by atoms with E-state index in [1.807, 2.05) is 0 Å². The van der Waals surface area contributed by atoms with Crippen LogP contribution in [0.2, 0.25) is 0 Å². The predicted molar refractivity (Wildman–Crippen MR) is 87.2 cm³/mol. The highest BCUT2D eigenvalue weighted by molar-refractivity contribution is 5.85. The van der Waals surface area contributed by atoms with Crippen LogP contribution in [0.4, 0.5) is 0 Å². The number of ether oxygens (including phenoxy) is 2. The van der Waals surface area contributed by atoms with Crippen molar-refractivity contribution >= 4 is 12.4 Å². The second-order valence-corrected chi connectivity index (χ2v) is 6.57. The van der Waals surface area contributed by atoms with Gasteiger partial charge in [-0.2, -0.15) is 0 Å². The molecule has 0 aromatic heterocycles. The van der Waals surface area contributed by atoms with E-state index in [1.54, 1.807) is 0 Å². The third-order valence-electron chi connectivity index (χ3n) is 5.20. The maximum Gasteiger partial charge on any atom is 0.0623 e. The van der Waals surface area contributed by atoms with Crippen LogP contribution in [-0.2, 0) is 9.47 Å². The zero-order chi connectivity index (χ0) is 13.6. The molecule has 2 N–H and O–H groups in total. The topological polar surface area (TPSA) is 42.5 Å². The van der Waals surface area contributed by atoms with Gasteiger partial charge in [0.2, 0.25) is 0 Å². The zero-order valence-electron chi connectivity index (χ0n) is 13.0. The van der Waals surface area contributed by atoms with Crippen molar-refractivity contribution in [3.63, 3.8) is 0 Å². The summed E-state index contributed by atoms with van der Waals surface area (Å²) in [6, 6.07) is 1.21. The van der Waals surface area contributed by atoms with E-state index in [-0.39, 0.29) is 12.4 Å². The van der Waals surface area contributed by atoms with Gasteiger partial charge < -0.3 is 20.1 Å². The molecule has 0 aromatic rings. The highest BCUT2D eigenvalue weighted by atomic mass is 35.5. The molecule has 0 bridgehead atoms. The summed E-state index contributed by atoms with van der Waals surface area (Å²) < 4.78 is 11.6. The van der Waals surface area contributed by atoms with Crippen LogP contribution in [0, 0.1) is 5.92 Å². The Morgan fingerprint density at radius 2 is 1.95 bits per heavy atom. The second kappa shape index (κ2) is 9.31.